The van der Waals surface area contributed by atoms with Gasteiger partial charge in [-0.1, -0.05) is 0 Å². The number of hydrogen-bond donors (Lipinski definition) is 2. The van der Waals surface area contributed by atoms with Crippen molar-refractivity contribution < 1.29 is 50.9 Å². The van der Waals surface area contributed by atoms with Crippen LogP contribution in [0.15, 0.2) is 29.2 Å². The van der Waals surface area contributed by atoms with E-state index in [1.807, 2.05) is 12.4 Å². The number of rotatable bonds is 4. The minimum absolute atomic E-state index is 0.667. The van der Waals surface area contributed by atoms with Gasteiger partial charge in [0.05, 0.1) is 6.61 Å². The lowest BCUT2D eigenvalue weighted by Gasteiger charge is -2.29. The summed E-state index contributed by atoms with van der Waals surface area (Å²) in [6.45, 7) is 3.82. The van der Waals surface area contributed by atoms with Crippen LogP contribution in [-0.2, 0) is 40.4 Å². The Morgan fingerprint density at radius 2 is 1.70 bits per heavy atom. The number of aliphatic carboxylic acids is 2. The largest absolute Gasteiger partial charge is 0.490 e. The molecule has 0 atom stereocenters. The molecule has 0 unspecified atom stereocenters. The highest BCUT2D eigenvalue weighted by atomic mass is 32.1. The Hall–Kier alpha value is -2.71. The first-order valence-electron chi connectivity index (χ1n) is 9.03. The summed E-state index contributed by atoms with van der Waals surface area (Å²) >= 11 is 1.77. The van der Waals surface area contributed by atoms with Crippen LogP contribution in [0.5, 0.6) is 0 Å². The molecule has 0 spiro atoms. The predicted octanol–water partition coefficient (Wildman–Crippen LogP) is 4.11. The highest BCUT2D eigenvalue weighted by Crippen LogP contribution is 2.23. The molecule has 2 aromatic rings. The smallest absolute Gasteiger partial charge is 0.475 e. The van der Waals surface area contributed by atoms with Gasteiger partial charge in [0, 0.05) is 39.1 Å². The van der Waals surface area contributed by atoms with Crippen LogP contribution >= 0.6 is 11.3 Å². The molecule has 33 heavy (non-hydrogen) atoms. The highest BCUT2D eigenvalue weighted by Gasteiger charge is 2.38. The van der Waals surface area contributed by atoms with Crippen LogP contribution in [0.2, 0.25) is 0 Å². The second-order valence-corrected chi connectivity index (χ2v) is 7.35. The van der Waals surface area contributed by atoms with E-state index in [9.17, 15) is 26.3 Å². The summed E-state index contributed by atoms with van der Waals surface area (Å²) in [5.74, 6) is -5.51. The van der Waals surface area contributed by atoms with Gasteiger partial charge >= 0.3 is 24.3 Å². The van der Waals surface area contributed by atoms with Crippen molar-refractivity contribution in [1.29, 1.82) is 0 Å². The molecule has 184 valence electrons. The van der Waals surface area contributed by atoms with Crippen LogP contribution in [0.25, 0.3) is 0 Å². The van der Waals surface area contributed by atoms with Crippen LogP contribution < -0.4 is 0 Å². The second-order valence-electron chi connectivity index (χ2n) is 6.57. The molecule has 0 fully saturated rings. The van der Waals surface area contributed by atoms with E-state index in [-0.39, 0.29) is 0 Å². The topological polar surface area (TPSA) is 100.0 Å². The van der Waals surface area contributed by atoms with E-state index in [4.69, 9.17) is 24.5 Å². The fraction of sp³-hybridized carbons (Fsp3) is 0.421. The van der Waals surface area contributed by atoms with E-state index in [0.29, 0.717) is 6.61 Å². The van der Waals surface area contributed by atoms with Crippen LogP contribution in [0.1, 0.15) is 22.3 Å². The van der Waals surface area contributed by atoms with Gasteiger partial charge in [-0.25, -0.2) is 9.59 Å². The molecule has 1 aliphatic rings. The van der Waals surface area contributed by atoms with Gasteiger partial charge in [-0.3, -0.25) is 9.88 Å². The summed E-state index contributed by atoms with van der Waals surface area (Å²) in [4.78, 5) is 24.6. The average molecular weight is 502 g/mol. The molecule has 0 aliphatic carbocycles. The minimum atomic E-state index is -5.08. The van der Waals surface area contributed by atoms with E-state index in [0.717, 1.165) is 26.1 Å². The quantitative estimate of drug-likeness (QED) is 0.607. The monoisotopic (exact) mass is 502 g/mol. The number of ether oxygens (including phenoxy) is 1. The molecule has 3 heterocycles. The van der Waals surface area contributed by atoms with Gasteiger partial charge in [-0.2, -0.15) is 37.7 Å². The molecule has 7 nitrogen and oxygen atoms in total. The lowest BCUT2D eigenvalue weighted by molar-refractivity contribution is -0.193. The Bertz CT molecular complexity index is 879. The lowest BCUT2D eigenvalue weighted by Crippen LogP contribution is -2.30. The van der Waals surface area contributed by atoms with Crippen molar-refractivity contribution in [3.63, 3.8) is 0 Å². The maximum atomic E-state index is 10.6. The van der Waals surface area contributed by atoms with Gasteiger partial charge in [0.2, 0.25) is 0 Å². The molecule has 0 saturated carbocycles. The van der Waals surface area contributed by atoms with E-state index in [1.54, 1.807) is 18.4 Å². The van der Waals surface area contributed by atoms with Crippen molar-refractivity contribution in [2.75, 3.05) is 13.7 Å². The van der Waals surface area contributed by atoms with Crippen molar-refractivity contribution in [3.05, 3.63) is 51.5 Å². The van der Waals surface area contributed by atoms with Crippen molar-refractivity contribution in [2.24, 2.45) is 0 Å². The summed E-state index contributed by atoms with van der Waals surface area (Å²) in [5.41, 5.74) is 5.46. The molecule has 3 rings (SSSR count). The van der Waals surface area contributed by atoms with E-state index in [2.05, 4.69) is 26.7 Å². The fourth-order valence-corrected chi connectivity index (χ4v) is 3.34. The molecule has 1 aliphatic heterocycles. The number of nitrogens with zero attached hydrogens (tertiary/aromatic N) is 2. The molecule has 14 heteroatoms. The zero-order valence-electron chi connectivity index (χ0n) is 17.1. The first-order valence-corrected chi connectivity index (χ1v) is 9.97. The molecule has 0 radical (unpaired) electrons. The van der Waals surface area contributed by atoms with Crippen LogP contribution in [0, 0.1) is 0 Å². The molecule has 2 N–H and O–H groups in total. The Morgan fingerprint density at radius 1 is 1.12 bits per heavy atom. The number of aromatic nitrogens is 1. The van der Waals surface area contributed by atoms with Crippen molar-refractivity contribution >= 4 is 23.3 Å². The summed E-state index contributed by atoms with van der Waals surface area (Å²) in [6.07, 6.45) is -5.12. The summed E-state index contributed by atoms with van der Waals surface area (Å²) in [6, 6.07) is 2.21. The lowest BCUT2D eigenvalue weighted by atomic mass is 9.97. The third-order valence-electron chi connectivity index (χ3n) is 4.08. The molecule has 0 aromatic carbocycles. The molecular weight excluding hydrogens is 482 g/mol. The van der Waals surface area contributed by atoms with Crippen molar-refractivity contribution in [3.8, 4) is 0 Å². The zero-order valence-corrected chi connectivity index (χ0v) is 17.9. The first-order chi connectivity index (χ1) is 15.3. The first kappa shape index (κ1) is 28.3. The molecule has 2 aromatic heterocycles. The molecule has 0 bridgehead atoms. The Labute approximate surface area is 188 Å². The molecule has 0 saturated heterocycles. The van der Waals surface area contributed by atoms with Crippen LogP contribution in [0.4, 0.5) is 26.3 Å². The Balaban J connectivity index is 0.000000324. The number of pyridine rings is 1. The highest BCUT2D eigenvalue weighted by molar-refractivity contribution is 7.07. The molecule has 0 amide bonds. The number of carbonyl (C=O) groups is 2. The Morgan fingerprint density at radius 3 is 2.15 bits per heavy atom. The van der Waals surface area contributed by atoms with Crippen LogP contribution in [-0.4, -0.2) is 58.0 Å². The third-order valence-corrected chi connectivity index (χ3v) is 4.81. The van der Waals surface area contributed by atoms with Gasteiger partial charge in [-0.05, 0) is 45.5 Å². The number of alkyl halides is 6. The number of hydrogen-bond acceptors (Lipinski definition) is 6. The molecular formula is C19H20F6N2O5S. The van der Waals surface area contributed by atoms with Crippen molar-refractivity contribution in [2.45, 2.75) is 38.5 Å². The SMILES string of the molecule is COCc1cncc2c1CCN(Cc1ccsc1)C2.O=C(O)C(F)(F)F.O=C(O)C(F)(F)F. The number of carboxylic acids is 2. The number of thiophene rings is 1. The third kappa shape index (κ3) is 10.2. The van der Waals surface area contributed by atoms with Gasteiger partial charge < -0.3 is 14.9 Å². The fourth-order valence-electron chi connectivity index (χ4n) is 2.68. The Kier molecular flexibility index (Phi) is 10.7. The standard InChI is InChI=1S/C15H18N2OS.2C2HF3O2/c1-18-10-14-7-16-6-13-9-17(4-2-15(13)14)8-12-3-5-19-11-12;2*3-2(4,5)1(6)7/h3,5-7,11H,2,4,8-10H2,1H3;2*(H,6,7). The van der Waals surface area contributed by atoms with E-state index < -0.39 is 24.3 Å². The van der Waals surface area contributed by atoms with Crippen LogP contribution in [0.3, 0.4) is 0 Å². The maximum Gasteiger partial charge on any atom is 0.490 e. The number of fused-ring (bicyclic) bond motifs is 1. The minimum Gasteiger partial charge on any atom is -0.475 e. The number of carboxylic acid groups (broad SMARTS) is 2. The summed E-state index contributed by atoms with van der Waals surface area (Å²) < 4.78 is 68.7. The summed E-state index contributed by atoms with van der Waals surface area (Å²) in [7, 11) is 1.74. The van der Waals surface area contributed by atoms with Gasteiger partial charge in [0.15, 0.2) is 0 Å². The summed E-state index contributed by atoms with van der Waals surface area (Å²) in [5, 5.41) is 18.6. The predicted molar refractivity (Wildman–Crippen MR) is 104 cm³/mol. The van der Waals surface area contributed by atoms with Gasteiger partial charge in [-0.15, -0.1) is 0 Å². The van der Waals surface area contributed by atoms with E-state index in [1.165, 1.54) is 22.3 Å². The number of halogens is 6. The average Bonchev–Trinajstić information content (AvgIpc) is 3.21. The second kappa shape index (κ2) is 12.5. The van der Waals surface area contributed by atoms with Gasteiger partial charge in [0.25, 0.3) is 0 Å². The van der Waals surface area contributed by atoms with Gasteiger partial charge in [0.1, 0.15) is 0 Å². The van der Waals surface area contributed by atoms with E-state index >= 15 is 0 Å². The maximum absolute atomic E-state index is 10.6. The number of methoxy groups -OCH3 is 1. The zero-order chi connectivity index (χ0) is 25.2. The van der Waals surface area contributed by atoms with Crippen molar-refractivity contribution in [1.82, 2.24) is 9.88 Å². The normalized spacial score (nSPS) is 13.7.